The molecule has 1 atom stereocenters. The number of likely N-dealkylation sites (tertiary alicyclic amines) is 1. The molecule has 1 aliphatic rings. The second-order valence-electron chi connectivity index (χ2n) is 7.31. The van der Waals surface area contributed by atoms with Crippen molar-refractivity contribution in [2.75, 3.05) is 13.2 Å². The van der Waals surface area contributed by atoms with Crippen molar-refractivity contribution < 1.29 is 14.3 Å². The molecular formula is C23H25NO4. The van der Waals surface area contributed by atoms with Crippen LogP contribution < -0.4 is 10.4 Å². The van der Waals surface area contributed by atoms with Crippen LogP contribution in [0.4, 0.5) is 0 Å². The Kier molecular flexibility index (Phi) is 5.09. The SMILES string of the molecule is CCOc1ccc(C2CCCN2Cc2cc(=O)oc3c(C)c(O)ccc23)cc1. The summed E-state index contributed by atoms with van der Waals surface area (Å²) in [5.41, 5.74) is 2.89. The monoisotopic (exact) mass is 379 g/mol. The summed E-state index contributed by atoms with van der Waals surface area (Å²) >= 11 is 0. The molecule has 2 heterocycles. The largest absolute Gasteiger partial charge is 0.508 e. The molecule has 1 saturated heterocycles. The highest BCUT2D eigenvalue weighted by atomic mass is 16.5. The number of hydrogen-bond donors (Lipinski definition) is 1. The molecule has 1 fully saturated rings. The van der Waals surface area contributed by atoms with E-state index in [2.05, 4.69) is 17.0 Å². The fraction of sp³-hybridized carbons (Fsp3) is 0.348. The van der Waals surface area contributed by atoms with Crippen LogP contribution in [0.1, 0.15) is 42.5 Å². The van der Waals surface area contributed by atoms with E-state index in [0.29, 0.717) is 30.3 Å². The van der Waals surface area contributed by atoms with Crippen molar-refractivity contribution in [3.8, 4) is 11.5 Å². The lowest BCUT2D eigenvalue weighted by Gasteiger charge is -2.25. The molecule has 28 heavy (non-hydrogen) atoms. The smallest absolute Gasteiger partial charge is 0.336 e. The molecule has 1 N–H and O–H groups in total. The van der Waals surface area contributed by atoms with Crippen molar-refractivity contribution in [2.24, 2.45) is 0 Å². The number of fused-ring (bicyclic) bond motifs is 1. The van der Waals surface area contributed by atoms with Gasteiger partial charge in [0.1, 0.15) is 17.1 Å². The van der Waals surface area contributed by atoms with Gasteiger partial charge in [-0.25, -0.2) is 4.79 Å². The average Bonchev–Trinajstić information content (AvgIpc) is 3.14. The first-order valence-corrected chi connectivity index (χ1v) is 9.79. The van der Waals surface area contributed by atoms with Crippen LogP contribution in [0.5, 0.6) is 11.5 Å². The highest BCUT2D eigenvalue weighted by molar-refractivity contribution is 5.84. The number of rotatable bonds is 5. The van der Waals surface area contributed by atoms with Crippen molar-refractivity contribution in [2.45, 2.75) is 39.3 Å². The minimum absolute atomic E-state index is 0.140. The Hall–Kier alpha value is -2.79. The fourth-order valence-corrected chi connectivity index (χ4v) is 4.11. The zero-order valence-electron chi connectivity index (χ0n) is 16.3. The molecule has 5 heteroatoms. The van der Waals surface area contributed by atoms with Gasteiger partial charge in [-0.05, 0) is 68.6 Å². The predicted octanol–water partition coefficient (Wildman–Crippen LogP) is 4.54. The Morgan fingerprint density at radius 1 is 1.21 bits per heavy atom. The molecule has 0 aliphatic carbocycles. The van der Waals surface area contributed by atoms with Crippen molar-refractivity contribution >= 4 is 11.0 Å². The molecule has 3 aromatic rings. The maximum Gasteiger partial charge on any atom is 0.336 e. The van der Waals surface area contributed by atoms with E-state index in [-0.39, 0.29) is 11.4 Å². The van der Waals surface area contributed by atoms with Crippen LogP contribution in [0.15, 0.2) is 51.7 Å². The van der Waals surface area contributed by atoms with Crippen LogP contribution in [0.3, 0.4) is 0 Å². The number of phenolic OH excluding ortho intramolecular Hbond substituents is 1. The van der Waals surface area contributed by atoms with E-state index in [4.69, 9.17) is 9.15 Å². The van der Waals surface area contributed by atoms with E-state index in [0.717, 1.165) is 36.1 Å². The minimum Gasteiger partial charge on any atom is -0.508 e. The van der Waals surface area contributed by atoms with Crippen molar-refractivity contribution in [1.29, 1.82) is 0 Å². The van der Waals surface area contributed by atoms with Crippen molar-refractivity contribution in [3.63, 3.8) is 0 Å². The molecule has 4 rings (SSSR count). The highest BCUT2D eigenvalue weighted by Crippen LogP contribution is 2.35. The first-order chi connectivity index (χ1) is 13.6. The van der Waals surface area contributed by atoms with Gasteiger partial charge in [-0.15, -0.1) is 0 Å². The third-order valence-corrected chi connectivity index (χ3v) is 5.53. The molecule has 0 radical (unpaired) electrons. The summed E-state index contributed by atoms with van der Waals surface area (Å²) in [6.45, 7) is 6.06. The molecule has 0 bridgehead atoms. The maximum absolute atomic E-state index is 12.1. The van der Waals surface area contributed by atoms with Crippen molar-refractivity contribution in [3.05, 3.63) is 69.6 Å². The fourth-order valence-electron chi connectivity index (χ4n) is 4.11. The van der Waals surface area contributed by atoms with E-state index in [1.165, 1.54) is 5.56 Å². The maximum atomic E-state index is 12.1. The molecule has 146 valence electrons. The van der Waals surface area contributed by atoms with E-state index >= 15 is 0 Å². The Morgan fingerprint density at radius 2 is 2.00 bits per heavy atom. The highest BCUT2D eigenvalue weighted by Gasteiger charge is 2.27. The second-order valence-corrected chi connectivity index (χ2v) is 7.31. The standard InChI is InChI=1S/C23H25NO4/c1-3-27-18-8-6-16(7-9-18)20-5-4-12-24(20)14-17-13-22(26)28-23-15(2)21(25)11-10-19(17)23/h6-11,13,20,25H,3-5,12,14H2,1-2H3. The van der Waals surface area contributed by atoms with Gasteiger partial charge in [-0.1, -0.05) is 12.1 Å². The van der Waals surface area contributed by atoms with Gasteiger partial charge in [0.15, 0.2) is 0 Å². The predicted molar refractivity (Wildman–Crippen MR) is 109 cm³/mol. The van der Waals surface area contributed by atoms with Crippen LogP contribution >= 0.6 is 0 Å². The molecule has 1 aliphatic heterocycles. The van der Waals surface area contributed by atoms with Gasteiger partial charge < -0.3 is 14.3 Å². The minimum atomic E-state index is -0.381. The summed E-state index contributed by atoms with van der Waals surface area (Å²) in [5, 5.41) is 10.8. The Morgan fingerprint density at radius 3 is 2.75 bits per heavy atom. The van der Waals surface area contributed by atoms with Crippen LogP contribution in [0.25, 0.3) is 11.0 Å². The van der Waals surface area contributed by atoms with Gasteiger partial charge in [-0.2, -0.15) is 0 Å². The van der Waals surface area contributed by atoms with Gasteiger partial charge >= 0.3 is 5.63 Å². The summed E-state index contributed by atoms with van der Waals surface area (Å²) in [7, 11) is 0. The van der Waals surface area contributed by atoms with Gasteiger partial charge in [0.2, 0.25) is 0 Å². The summed E-state index contributed by atoms with van der Waals surface area (Å²) < 4.78 is 10.9. The molecule has 5 nitrogen and oxygen atoms in total. The quantitative estimate of drug-likeness (QED) is 0.659. The van der Waals surface area contributed by atoms with Gasteiger partial charge in [-0.3, -0.25) is 4.90 Å². The zero-order chi connectivity index (χ0) is 19.7. The number of hydrogen-bond acceptors (Lipinski definition) is 5. The number of phenols is 1. The summed E-state index contributed by atoms with van der Waals surface area (Å²) in [6.07, 6.45) is 2.21. The van der Waals surface area contributed by atoms with E-state index < -0.39 is 0 Å². The van der Waals surface area contributed by atoms with Crippen LogP contribution in [-0.4, -0.2) is 23.2 Å². The van der Waals surface area contributed by atoms with Gasteiger partial charge in [0.05, 0.1) is 6.61 Å². The number of aromatic hydroxyl groups is 1. The Balaban J connectivity index is 1.65. The van der Waals surface area contributed by atoms with E-state index in [9.17, 15) is 9.90 Å². The lowest BCUT2D eigenvalue weighted by molar-refractivity contribution is 0.248. The first kappa shape index (κ1) is 18.6. The van der Waals surface area contributed by atoms with Gasteiger partial charge in [0.25, 0.3) is 0 Å². The Bertz CT molecular complexity index is 1040. The molecule has 0 amide bonds. The van der Waals surface area contributed by atoms with Crippen molar-refractivity contribution in [1.82, 2.24) is 4.90 Å². The van der Waals surface area contributed by atoms with E-state index in [1.54, 1.807) is 19.1 Å². The normalized spacial score (nSPS) is 17.3. The third-order valence-electron chi connectivity index (χ3n) is 5.53. The molecule has 0 spiro atoms. The lowest BCUT2D eigenvalue weighted by atomic mass is 10.0. The number of ether oxygens (including phenoxy) is 1. The lowest BCUT2D eigenvalue weighted by Crippen LogP contribution is -2.23. The van der Waals surface area contributed by atoms with E-state index in [1.807, 2.05) is 25.1 Å². The second kappa shape index (κ2) is 7.68. The molecule has 2 aromatic carbocycles. The molecule has 0 saturated carbocycles. The summed E-state index contributed by atoms with van der Waals surface area (Å²) in [5.74, 6) is 1.03. The van der Waals surface area contributed by atoms with Crippen LogP contribution in [0, 0.1) is 6.92 Å². The molecule has 1 unspecified atom stereocenters. The number of aryl methyl sites for hydroxylation is 1. The summed E-state index contributed by atoms with van der Waals surface area (Å²) in [6, 6.07) is 13.7. The summed E-state index contributed by atoms with van der Waals surface area (Å²) in [4.78, 5) is 14.5. The molecular weight excluding hydrogens is 354 g/mol. The number of benzene rings is 2. The zero-order valence-corrected chi connectivity index (χ0v) is 16.3. The Labute approximate surface area is 164 Å². The van der Waals surface area contributed by atoms with Crippen LogP contribution in [0.2, 0.25) is 0 Å². The van der Waals surface area contributed by atoms with Gasteiger partial charge in [0, 0.05) is 29.6 Å². The topological polar surface area (TPSA) is 62.9 Å². The third kappa shape index (κ3) is 3.50. The number of nitrogens with zero attached hydrogens (tertiary/aromatic N) is 1. The van der Waals surface area contributed by atoms with Crippen LogP contribution in [-0.2, 0) is 6.54 Å². The molecule has 1 aromatic heterocycles. The average molecular weight is 379 g/mol. The first-order valence-electron chi connectivity index (χ1n) is 9.79.